The smallest absolute Gasteiger partial charge is 0.119 e. The Morgan fingerprint density at radius 3 is 2.18 bits per heavy atom. The molecule has 1 aromatic heterocycles. The van der Waals surface area contributed by atoms with Gasteiger partial charge < -0.3 is 14.4 Å². The molecular formula is C34H34N2O2. The van der Waals surface area contributed by atoms with Gasteiger partial charge in [0.25, 0.3) is 0 Å². The Bertz CT molecular complexity index is 1480. The van der Waals surface area contributed by atoms with Crippen molar-refractivity contribution in [2.45, 2.75) is 25.8 Å². The molecule has 4 nitrogen and oxygen atoms in total. The second-order valence-corrected chi connectivity index (χ2v) is 10.2. The van der Waals surface area contributed by atoms with Gasteiger partial charge in [0.05, 0.1) is 0 Å². The molecule has 1 aliphatic heterocycles. The van der Waals surface area contributed by atoms with E-state index in [4.69, 9.17) is 4.74 Å². The third-order valence-electron chi connectivity index (χ3n) is 7.56. The number of fused-ring (bicyclic) bond motifs is 1. The van der Waals surface area contributed by atoms with Gasteiger partial charge in [-0.05, 0) is 90.6 Å². The Morgan fingerprint density at radius 1 is 0.684 bits per heavy atom. The minimum absolute atomic E-state index is 0.283. The van der Waals surface area contributed by atoms with Crippen LogP contribution in [0.25, 0.3) is 33.3 Å². The van der Waals surface area contributed by atoms with Gasteiger partial charge in [0.2, 0.25) is 0 Å². The number of aromatic hydroxyl groups is 1. The van der Waals surface area contributed by atoms with E-state index in [1.165, 1.54) is 60.1 Å². The number of phenols is 1. The Balaban J connectivity index is 1.24. The Kier molecular flexibility index (Phi) is 7.14. The van der Waals surface area contributed by atoms with Crippen LogP contribution in [0.3, 0.4) is 0 Å². The first kappa shape index (κ1) is 24.3. The fraction of sp³-hybridized carbons (Fsp3) is 0.235. The molecule has 1 saturated heterocycles. The predicted octanol–water partition coefficient (Wildman–Crippen LogP) is 7.59. The fourth-order valence-corrected chi connectivity index (χ4v) is 5.47. The summed E-state index contributed by atoms with van der Waals surface area (Å²) in [5.41, 5.74) is 7.08. The van der Waals surface area contributed by atoms with E-state index in [0.717, 1.165) is 36.6 Å². The molecule has 0 spiro atoms. The van der Waals surface area contributed by atoms with Gasteiger partial charge in [0.15, 0.2) is 0 Å². The molecule has 1 aliphatic rings. The van der Waals surface area contributed by atoms with Crippen molar-refractivity contribution in [1.29, 1.82) is 0 Å². The minimum Gasteiger partial charge on any atom is -0.508 e. The van der Waals surface area contributed by atoms with Gasteiger partial charge >= 0.3 is 0 Å². The number of likely N-dealkylation sites (tertiary alicyclic amines) is 1. The minimum atomic E-state index is 0.283. The average Bonchev–Trinajstić information content (AvgIpc) is 3.33. The molecular weight excluding hydrogens is 468 g/mol. The van der Waals surface area contributed by atoms with E-state index in [2.05, 4.69) is 88.3 Å². The van der Waals surface area contributed by atoms with Crippen molar-refractivity contribution >= 4 is 10.9 Å². The van der Waals surface area contributed by atoms with Crippen molar-refractivity contribution in [3.63, 3.8) is 0 Å². The van der Waals surface area contributed by atoms with Crippen LogP contribution in [0.4, 0.5) is 0 Å². The van der Waals surface area contributed by atoms with E-state index in [9.17, 15) is 5.11 Å². The molecule has 1 N–H and O–H groups in total. The number of hydrogen-bond donors (Lipinski definition) is 1. The summed E-state index contributed by atoms with van der Waals surface area (Å²) in [5, 5.41) is 10.9. The lowest BCUT2D eigenvalue weighted by molar-refractivity contribution is 0.183. The highest BCUT2D eigenvalue weighted by Crippen LogP contribution is 2.33. The summed E-state index contributed by atoms with van der Waals surface area (Å²) in [6.07, 6.45) is 3.98. The monoisotopic (exact) mass is 502 g/mol. The fourth-order valence-electron chi connectivity index (χ4n) is 5.47. The first-order valence-corrected chi connectivity index (χ1v) is 13.7. The quantitative estimate of drug-likeness (QED) is 0.237. The summed E-state index contributed by atoms with van der Waals surface area (Å²) in [7, 11) is 0. The lowest BCUT2D eigenvalue weighted by atomic mass is 10.0. The number of phenolic OH excluding ortho intramolecular Hbond substituents is 1. The van der Waals surface area contributed by atoms with E-state index in [1.54, 1.807) is 12.1 Å². The van der Waals surface area contributed by atoms with Crippen LogP contribution in [0.2, 0.25) is 0 Å². The maximum absolute atomic E-state index is 9.68. The largest absolute Gasteiger partial charge is 0.508 e. The van der Waals surface area contributed by atoms with Crippen LogP contribution >= 0.6 is 0 Å². The number of ether oxygens (including phenoxy) is 1. The van der Waals surface area contributed by atoms with Gasteiger partial charge in [-0.15, -0.1) is 0 Å². The maximum Gasteiger partial charge on any atom is 0.119 e. The normalized spacial score (nSPS) is 14.1. The van der Waals surface area contributed by atoms with Crippen LogP contribution in [0.15, 0.2) is 103 Å². The van der Waals surface area contributed by atoms with Crippen LogP contribution in [-0.4, -0.2) is 40.8 Å². The number of hydrogen-bond acceptors (Lipinski definition) is 3. The van der Waals surface area contributed by atoms with Gasteiger partial charge in [0, 0.05) is 29.7 Å². The van der Waals surface area contributed by atoms with Gasteiger partial charge in [0.1, 0.15) is 18.1 Å². The second kappa shape index (κ2) is 11.2. The molecule has 2 heterocycles. The second-order valence-electron chi connectivity index (χ2n) is 10.2. The van der Waals surface area contributed by atoms with E-state index >= 15 is 0 Å². The number of rotatable bonds is 8. The molecule has 192 valence electrons. The molecule has 1 fully saturated rings. The zero-order valence-corrected chi connectivity index (χ0v) is 21.7. The van der Waals surface area contributed by atoms with Crippen molar-refractivity contribution in [2.75, 3.05) is 26.2 Å². The van der Waals surface area contributed by atoms with Crippen LogP contribution in [0.5, 0.6) is 11.5 Å². The highest BCUT2D eigenvalue weighted by Gasteiger charge is 2.13. The van der Waals surface area contributed by atoms with Crippen molar-refractivity contribution in [2.24, 2.45) is 0 Å². The van der Waals surface area contributed by atoms with Gasteiger partial charge in [-0.1, -0.05) is 67.1 Å². The summed E-state index contributed by atoms with van der Waals surface area (Å²) in [4.78, 5) is 2.51. The highest BCUT2D eigenvalue weighted by atomic mass is 16.5. The summed E-state index contributed by atoms with van der Waals surface area (Å²) in [5.74, 6) is 1.22. The average molecular weight is 503 g/mol. The lowest BCUT2D eigenvalue weighted by Crippen LogP contribution is -2.33. The van der Waals surface area contributed by atoms with Crippen LogP contribution < -0.4 is 4.74 Å². The Hall–Kier alpha value is -4.02. The number of aromatic nitrogens is 1. The Labute approximate surface area is 224 Å². The zero-order valence-electron chi connectivity index (χ0n) is 21.7. The summed E-state index contributed by atoms with van der Waals surface area (Å²) >= 11 is 0. The van der Waals surface area contributed by atoms with Crippen LogP contribution in [-0.2, 0) is 6.54 Å². The number of nitrogens with zero attached hydrogens (tertiary/aromatic N) is 2. The number of benzene rings is 4. The Morgan fingerprint density at radius 2 is 1.42 bits per heavy atom. The summed E-state index contributed by atoms with van der Waals surface area (Å²) in [6, 6.07) is 35.4. The lowest BCUT2D eigenvalue weighted by Gasteiger charge is -2.26. The standard InChI is InChI=1S/C34H34N2O2/c37-31-14-11-27(12-15-31)29-13-18-33-30(23-29)24-34(28-7-3-1-4-8-28)36(33)25-26-9-16-32(17-10-26)38-22-21-35-19-5-2-6-20-35/h1,3-4,7-18,23-24,37H,2,5-6,19-22,25H2. The van der Waals surface area contributed by atoms with Crippen molar-refractivity contribution in [3.8, 4) is 33.9 Å². The SMILES string of the molecule is Oc1ccc(-c2ccc3c(c2)cc(-c2ccccc2)n3Cc2ccc(OCCN3CCCCC3)cc2)cc1. The molecule has 4 heteroatoms. The molecule has 38 heavy (non-hydrogen) atoms. The van der Waals surface area contributed by atoms with E-state index in [1.807, 2.05) is 12.1 Å². The molecule has 0 radical (unpaired) electrons. The summed E-state index contributed by atoms with van der Waals surface area (Å²) in [6.45, 7) is 4.92. The predicted molar refractivity (Wildman–Crippen MR) is 156 cm³/mol. The molecule has 6 rings (SSSR count). The van der Waals surface area contributed by atoms with E-state index < -0.39 is 0 Å². The third kappa shape index (κ3) is 5.46. The van der Waals surface area contributed by atoms with Crippen molar-refractivity contribution in [3.05, 3.63) is 109 Å². The molecule has 0 atom stereocenters. The van der Waals surface area contributed by atoms with E-state index in [0.29, 0.717) is 0 Å². The highest BCUT2D eigenvalue weighted by molar-refractivity contribution is 5.90. The molecule has 0 bridgehead atoms. The van der Waals surface area contributed by atoms with Gasteiger partial charge in [-0.25, -0.2) is 0 Å². The first-order chi connectivity index (χ1) is 18.7. The maximum atomic E-state index is 9.68. The van der Waals surface area contributed by atoms with Crippen molar-refractivity contribution < 1.29 is 9.84 Å². The first-order valence-electron chi connectivity index (χ1n) is 13.7. The third-order valence-corrected chi connectivity index (χ3v) is 7.56. The van der Waals surface area contributed by atoms with Gasteiger partial charge in [-0.2, -0.15) is 0 Å². The van der Waals surface area contributed by atoms with Gasteiger partial charge in [-0.3, -0.25) is 4.90 Å². The van der Waals surface area contributed by atoms with Crippen LogP contribution in [0.1, 0.15) is 24.8 Å². The molecule has 0 amide bonds. The summed E-state index contributed by atoms with van der Waals surface area (Å²) < 4.78 is 8.46. The zero-order chi connectivity index (χ0) is 25.7. The molecule has 5 aromatic rings. The molecule has 0 unspecified atom stereocenters. The van der Waals surface area contributed by atoms with Crippen molar-refractivity contribution in [1.82, 2.24) is 9.47 Å². The molecule has 4 aromatic carbocycles. The number of piperidine rings is 1. The topological polar surface area (TPSA) is 37.6 Å². The van der Waals surface area contributed by atoms with Crippen LogP contribution in [0, 0.1) is 0 Å². The van der Waals surface area contributed by atoms with E-state index in [-0.39, 0.29) is 5.75 Å². The molecule has 0 aliphatic carbocycles. The molecule has 0 saturated carbocycles.